The molecule has 0 saturated carbocycles. The highest BCUT2D eigenvalue weighted by molar-refractivity contribution is 6.30. The number of ether oxygens (including phenoxy) is 1. The minimum atomic E-state index is 0.00328. The van der Waals surface area contributed by atoms with Crippen molar-refractivity contribution in [3.05, 3.63) is 34.9 Å². The van der Waals surface area contributed by atoms with Gasteiger partial charge in [-0.05, 0) is 31.5 Å². The molecule has 0 radical (unpaired) electrons. The molecule has 7 heteroatoms. The van der Waals surface area contributed by atoms with Gasteiger partial charge in [0.25, 0.3) is 0 Å². The maximum absolute atomic E-state index is 5.87. The molecule has 106 valence electrons. The lowest BCUT2D eigenvalue weighted by Gasteiger charge is -2.14. The molecule has 1 aromatic carbocycles. The summed E-state index contributed by atoms with van der Waals surface area (Å²) in [5.74, 6) is 0.498. The standard InChI is InChI=1S/C13H16ClN5O/c1-3-20-13-18-11(15)17-12(19-13)16-8(2)9-4-6-10(14)7-5-9/h4-8H,3H2,1-2H3,(H3,15,16,17,18,19). The number of nitrogens with one attached hydrogen (secondary N) is 1. The van der Waals surface area contributed by atoms with Gasteiger partial charge < -0.3 is 15.8 Å². The van der Waals surface area contributed by atoms with E-state index in [9.17, 15) is 0 Å². The molecule has 0 aliphatic heterocycles. The molecule has 1 unspecified atom stereocenters. The highest BCUT2D eigenvalue weighted by atomic mass is 35.5. The van der Waals surface area contributed by atoms with Gasteiger partial charge >= 0.3 is 6.01 Å². The Hall–Kier alpha value is -2.08. The summed E-state index contributed by atoms with van der Waals surface area (Å²) in [5, 5.41) is 3.85. The zero-order chi connectivity index (χ0) is 14.5. The van der Waals surface area contributed by atoms with E-state index < -0.39 is 0 Å². The first-order chi connectivity index (χ1) is 9.58. The van der Waals surface area contributed by atoms with Gasteiger partial charge in [0.1, 0.15) is 0 Å². The number of benzene rings is 1. The molecule has 3 N–H and O–H groups in total. The third-order valence-corrected chi connectivity index (χ3v) is 2.87. The molecule has 1 aromatic heterocycles. The second-order valence-corrected chi connectivity index (χ2v) is 4.59. The van der Waals surface area contributed by atoms with E-state index in [1.807, 2.05) is 38.1 Å². The molecular formula is C13H16ClN5O. The summed E-state index contributed by atoms with van der Waals surface area (Å²) in [6.07, 6.45) is 0. The van der Waals surface area contributed by atoms with Crippen LogP contribution in [0.1, 0.15) is 25.5 Å². The van der Waals surface area contributed by atoms with Crippen LogP contribution in [0, 0.1) is 0 Å². The molecule has 0 bridgehead atoms. The summed E-state index contributed by atoms with van der Waals surface area (Å²) in [7, 11) is 0. The Balaban J connectivity index is 2.14. The van der Waals surface area contributed by atoms with Crippen LogP contribution in [-0.2, 0) is 0 Å². The van der Waals surface area contributed by atoms with Gasteiger partial charge in [0, 0.05) is 5.02 Å². The second-order valence-electron chi connectivity index (χ2n) is 4.15. The highest BCUT2D eigenvalue weighted by Gasteiger charge is 2.10. The van der Waals surface area contributed by atoms with E-state index in [1.165, 1.54) is 0 Å². The van der Waals surface area contributed by atoms with E-state index in [-0.39, 0.29) is 18.0 Å². The van der Waals surface area contributed by atoms with Gasteiger partial charge in [0.15, 0.2) is 0 Å². The van der Waals surface area contributed by atoms with Crippen LogP contribution in [0.3, 0.4) is 0 Å². The molecular weight excluding hydrogens is 278 g/mol. The SMILES string of the molecule is CCOc1nc(N)nc(NC(C)c2ccc(Cl)cc2)n1. The Morgan fingerprint density at radius 3 is 2.60 bits per heavy atom. The molecule has 0 aliphatic rings. The first-order valence-electron chi connectivity index (χ1n) is 6.25. The fourth-order valence-corrected chi connectivity index (χ4v) is 1.78. The number of aromatic nitrogens is 3. The summed E-state index contributed by atoms with van der Waals surface area (Å²) in [4.78, 5) is 12.1. The predicted molar refractivity (Wildman–Crippen MR) is 78.9 cm³/mol. The van der Waals surface area contributed by atoms with Crippen molar-refractivity contribution in [3.8, 4) is 6.01 Å². The van der Waals surface area contributed by atoms with Crippen molar-refractivity contribution in [3.63, 3.8) is 0 Å². The molecule has 0 aliphatic carbocycles. The fraction of sp³-hybridized carbons (Fsp3) is 0.308. The van der Waals surface area contributed by atoms with E-state index in [0.29, 0.717) is 17.6 Å². The molecule has 0 saturated heterocycles. The lowest BCUT2D eigenvalue weighted by molar-refractivity contribution is 0.312. The van der Waals surface area contributed by atoms with Gasteiger partial charge in [-0.25, -0.2) is 0 Å². The average Bonchev–Trinajstić information content (AvgIpc) is 2.39. The van der Waals surface area contributed by atoms with Crippen molar-refractivity contribution in [1.82, 2.24) is 15.0 Å². The first-order valence-corrected chi connectivity index (χ1v) is 6.62. The summed E-state index contributed by atoms with van der Waals surface area (Å²) < 4.78 is 5.23. The Labute approximate surface area is 122 Å². The fourth-order valence-electron chi connectivity index (χ4n) is 1.66. The van der Waals surface area contributed by atoms with Gasteiger partial charge in [-0.1, -0.05) is 23.7 Å². The maximum Gasteiger partial charge on any atom is 0.323 e. The molecule has 2 rings (SSSR count). The van der Waals surface area contributed by atoms with Gasteiger partial charge in [0.2, 0.25) is 11.9 Å². The number of hydrogen-bond acceptors (Lipinski definition) is 6. The van der Waals surface area contributed by atoms with Crippen LogP contribution in [0.15, 0.2) is 24.3 Å². The molecule has 0 spiro atoms. The predicted octanol–water partition coefficient (Wildman–Crippen LogP) is 2.68. The number of anilines is 2. The number of halogens is 1. The van der Waals surface area contributed by atoms with Crippen molar-refractivity contribution in [1.29, 1.82) is 0 Å². The number of nitrogens with two attached hydrogens (primary N) is 1. The number of rotatable bonds is 5. The van der Waals surface area contributed by atoms with E-state index in [1.54, 1.807) is 0 Å². The van der Waals surface area contributed by atoms with Crippen molar-refractivity contribution in [2.45, 2.75) is 19.9 Å². The molecule has 6 nitrogen and oxygen atoms in total. The lowest BCUT2D eigenvalue weighted by atomic mass is 10.1. The Bertz CT molecular complexity index is 575. The van der Waals surface area contributed by atoms with Crippen molar-refractivity contribution in [2.75, 3.05) is 17.7 Å². The van der Waals surface area contributed by atoms with Crippen LogP contribution in [0.25, 0.3) is 0 Å². The second kappa shape index (κ2) is 6.38. The van der Waals surface area contributed by atoms with Crippen molar-refractivity contribution in [2.24, 2.45) is 0 Å². The van der Waals surface area contributed by atoms with E-state index >= 15 is 0 Å². The first kappa shape index (κ1) is 14.3. The number of nitrogens with zero attached hydrogens (tertiary/aromatic N) is 3. The topological polar surface area (TPSA) is 86.0 Å². The van der Waals surface area contributed by atoms with Crippen LogP contribution in [-0.4, -0.2) is 21.6 Å². The minimum Gasteiger partial charge on any atom is -0.464 e. The third kappa shape index (κ3) is 3.71. The summed E-state index contributed by atoms with van der Waals surface area (Å²) in [6.45, 7) is 4.31. The van der Waals surface area contributed by atoms with E-state index in [4.69, 9.17) is 22.1 Å². The smallest absolute Gasteiger partial charge is 0.323 e. The molecule has 0 amide bonds. The van der Waals surface area contributed by atoms with Crippen LogP contribution in [0.2, 0.25) is 5.02 Å². The number of hydrogen-bond donors (Lipinski definition) is 2. The maximum atomic E-state index is 5.87. The van der Waals surface area contributed by atoms with Crippen LogP contribution in [0.4, 0.5) is 11.9 Å². The van der Waals surface area contributed by atoms with Crippen LogP contribution in [0.5, 0.6) is 6.01 Å². The largest absolute Gasteiger partial charge is 0.464 e. The molecule has 1 atom stereocenters. The molecule has 2 aromatic rings. The van der Waals surface area contributed by atoms with Gasteiger partial charge in [-0.2, -0.15) is 15.0 Å². The lowest BCUT2D eigenvalue weighted by Crippen LogP contribution is -2.12. The Morgan fingerprint density at radius 2 is 1.95 bits per heavy atom. The van der Waals surface area contributed by atoms with Crippen molar-refractivity contribution < 1.29 is 4.74 Å². The zero-order valence-electron chi connectivity index (χ0n) is 11.3. The Kier molecular flexibility index (Phi) is 4.57. The van der Waals surface area contributed by atoms with Gasteiger partial charge in [0.05, 0.1) is 12.6 Å². The van der Waals surface area contributed by atoms with Gasteiger partial charge in [-0.15, -0.1) is 0 Å². The van der Waals surface area contributed by atoms with E-state index in [0.717, 1.165) is 5.56 Å². The van der Waals surface area contributed by atoms with Crippen molar-refractivity contribution >= 4 is 23.5 Å². The molecule has 0 fully saturated rings. The quantitative estimate of drug-likeness (QED) is 0.881. The summed E-state index contributed by atoms with van der Waals surface area (Å²) in [6, 6.07) is 7.77. The van der Waals surface area contributed by atoms with Crippen LogP contribution >= 0.6 is 11.6 Å². The Morgan fingerprint density at radius 1 is 1.25 bits per heavy atom. The third-order valence-electron chi connectivity index (χ3n) is 2.62. The van der Waals surface area contributed by atoms with Crippen LogP contribution < -0.4 is 15.8 Å². The van der Waals surface area contributed by atoms with Gasteiger partial charge in [-0.3, -0.25) is 0 Å². The minimum absolute atomic E-state index is 0.00328. The zero-order valence-corrected chi connectivity index (χ0v) is 12.1. The van der Waals surface area contributed by atoms with E-state index in [2.05, 4.69) is 20.3 Å². The summed E-state index contributed by atoms with van der Waals surface area (Å²) in [5.41, 5.74) is 6.69. The number of nitrogen functional groups attached to an aromatic ring is 1. The monoisotopic (exact) mass is 293 g/mol. The molecule has 1 heterocycles. The average molecular weight is 294 g/mol. The summed E-state index contributed by atoms with van der Waals surface area (Å²) >= 11 is 5.87. The normalized spacial score (nSPS) is 11.9. The molecule has 20 heavy (non-hydrogen) atoms. The highest BCUT2D eigenvalue weighted by Crippen LogP contribution is 2.20.